The minimum absolute atomic E-state index is 0. The first-order chi connectivity index (χ1) is 10.3. The molecular formula is C19H23Cl2N. The van der Waals surface area contributed by atoms with Crippen LogP contribution in [0.25, 0.3) is 6.08 Å². The lowest BCUT2D eigenvalue weighted by molar-refractivity contribution is -0.905. The highest BCUT2D eigenvalue weighted by Gasteiger charge is 2.06. The lowest BCUT2D eigenvalue weighted by atomic mass is 10.1. The lowest BCUT2D eigenvalue weighted by Gasteiger charge is -2.16. The minimum atomic E-state index is 0. The predicted octanol–water partition coefficient (Wildman–Crippen LogP) is 0.336. The van der Waals surface area contributed by atoms with E-state index in [0.29, 0.717) is 5.88 Å². The second-order valence-electron chi connectivity index (χ2n) is 5.31. The number of rotatable bonds is 7. The third-order valence-corrected chi connectivity index (χ3v) is 3.83. The molecule has 1 atom stereocenters. The summed E-state index contributed by atoms with van der Waals surface area (Å²) in [4.78, 5) is 1.49. The maximum absolute atomic E-state index is 5.94. The van der Waals surface area contributed by atoms with Gasteiger partial charge in [0, 0.05) is 5.56 Å². The van der Waals surface area contributed by atoms with Gasteiger partial charge < -0.3 is 17.3 Å². The van der Waals surface area contributed by atoms with Gasteiger partial charge in [-0.1, -0.05) is 60.7 Å². The van der Waals surface area contributed by atoms with Gasteiger partial charge in [0.25, 0.3) is 0 Å². The molecule has 0 spiro atoms. The Kier molecular flexibility index (Phi) is 8.91. The molecule has 0 aliphatic heterocycles. The molecule has 2 aromatic rings. The molecule has 1 unspecified atom stereocenters. The normalized spacial score (nSPS) is 12.1. The highest BCUT2D eigenvalue weighted by atomic mass is 35.5. The predicted molar refractivity (Wildman–Crippen MR) is 91.8 cm³/mol. The maximum atomic E-state index is 5.94. The van der Waals surface area contributed by atoms with Crippen LogP contribution in [0, 0.1) is 6.92 Å². The zero-order valence-corrected chi connectivity index (χ0v) is 14.4. The summed E-state index contributed by atoms with van der Waals surface area (Å²) < 4.78 is 0. The van der Waals surface area contributed by atoms with E-state index in [1.165, 1.54) is 21.6 Å². The smallest absolute Gasteiger partial charge is 0.103 e. The van der Waals surface area contributed by atoms with Gasteiger partial charge in [0.1, 0.15) is 6.54 Å². The zero-order chi connectivity index (χ0) is 14.9. The maximum Gasteiger partial charge on any atom is 0.103 e. The molecular weight excluding hydrogens is 313 g/mol. The first-order valence-electron chi connectivity index (χ1n) is 7.45. The van der Waals surface area contributed by atoms with Crippen LogP contribution < -0.4 is 17.3 Å². The Morgan fingerprint density at radius 3 is 2.36 bits per heavy atom. The van der Waals surface area contributed by atoms with Crippen LogP contribution in [0.2, 0.25) is 0 Å². The van der Waals surface area contributed by atoms with Crippen LogP contribution in [-0.4, -0.2) is 19.0 Å². The molecule has 0 fully saturated rings. The number of alkyl halides is 1. The summed E-state index contributed by atoms with van der Waals surface area (Å²) in [7, 11) is 0. The molecule has 2 rings (SSSR count). The Morgan fingerprint density at radius 2 is 1.68 bits per heavy atom. The van der Waals surface area contributed by atoms with Gasteiger partial charge in [0.15, 0.2) is 0 Å². The molecule has 3 heteroatoms. The fourth-order valence-corrected chi connectivity index (χ4v) is 2.67. The number of quaternary nitrogens is 1. The average molecular weight is 336 g/mol. The number of nitrogens with one attached hydrogen (secondary N) is 1. The minimum Gasteiger partial charge on any atom is -1.00 e. The van der Waals surface area contributed by atoms with Gasteiger partial charge in [0.05, 0.1) is 19.0 Å². The molecule has 0 radical (unpaired) electrons. The Labute approximate surface area is 145 Å². The van der Waals surface area contributed by atoms with Crippen molar-refractivity contribution in [2.24, 2.45) is 0 Å². The molecule has 118 valence electrons. The second kappa shape index (κ2) is 10.4. The van der Waals surface area contributed by atoms with Crippen molar-refractivity contribution in [3.63, 3.8) is 0 Å². The number of hydrogen-bond donors (Lipinski definition) is 1. The first kappa shape index (κ1) is 18.8. The number of hydrogen-bond acceptors (Lipinski definition) is 0. The van der Waals surface area contributed by atoms with Gasteiger partial charge in [-0.2, -0.15) is 0 Å². The van der Waals surface area contributed by atoms with Crippen molar-refractivity contribution in [3.8, 4) is 0 Å². The summed E-state index contributed by atoms with van der Waals surface area (Å²) in [6, 6.07) is 19.1. The Morgan fingerprint density at radius 1 is 1.00 bits per heavy atom. The quantitative estimate of drug-likeness (QED) is 0.696. The average Bonchev–Trinajstić information content (AvgIpc) is 2.50. The Balaban J connectivity index is 0.00000242. The standard InChI is InChI=1S/C19H22ClN.ClH/c1-17-8-5-6-11-19(17)12-7-14-21(15-13-20)16-18-9-3-2-4-10-18;/h2-12H,13-16H2,1H3;1H. The van der Waals surface area contributed by atoms with E-state index >= 15 is 0 Å². The molecule has 1 N–H and O–H groups in total. The van der Waals surface area contributed by atoms with E-state index in [0.717, 1.165) is 19.6 Å². The lowest BCUT2D eigenvalue weighted by Crippen LogP contribution is -3.10. The van der Waals surface area contributed by atoms with Crippen LogP contribution in [0.3, 0.4) is 0 Å². The van der Waals surface area contributed by atoms with Crippen LogP contribution in [0.15, 0.2) is 60.7 Å². The van der Waals surface area contributed by atoms with E-state index in [2.05, 4.69) is 73.7 Å². The fraction of sp³-hybridized carbons (Fsp3) is 0.263. The monoisotopic (exact) mass is 335 g/mol. The van der Waals surface area contributed by atoms with Crippen LogP contribution in [0.4, 0.5) is 0 Å². The zero-order valence-electron chi connectivity index (χ0n) is 12.9. The van der Waals surface area contributed by atoms with Crippen LogP contribution >= 0.6 is 11.6 Å². The van der Waals surface area contributed by atoms with E-state index in [-0.39, 0.29) is 12.4 Å². The number of halogens is 2. The van der Waals surface area contributed by atoms with Crippen LogP contribution in [0.5, 0.6) is 0 Å². The topological polar surface area (TPSA) is 4.44 Å². The molecule has 22 heavy (non-hydrogen) atoms. The van der Waals surface area contributed by atoms with Gasteiger partial charge in [0.2, 0.25) is 0 Å². The summed E-state index contributed by atoms with van der Waals surface area (Å²) in [5, 5.41) is 0. The van der Waals surface area contributed by atoms with Gasteiger partial charge in [-0.15, -0.1) is 11.6 Å². The van der Waals surface area contributed by atoms with Gasteiger partial charge in [-0.25, -0.2) is 0 Å². The highest BCUT2D eigenvalue weighted by Crippen LogP contribution is 2.08. The van der Waals surface area contributed by atoms with Crippen molar-refractivity contribution >= 4 is 17.7 Å². The molecule has 0 saturated heterocycles. The Hall–Kier alpha value is -1.28. The van der Waals surface area contributed by atoms with Crippen molar-refractivity contribution < 1.29 is 17.3 Å². The number of benzene rings is 2. The molecule has 0 aromatic heterocycles. The van der Waals surface area contributed by atoms with E-state index in [1.54, 1.807) is 0 Å². The highest BCUT2D eigenvalue weighted by molar-refractivity contribution is 6.17. The van der Waals surface area contributed by atoms with Crippen molar-refractivity contribution in [2.45, 2.75) is 13.5 Å². The molecule has 1 nitrogen and oxygen atoms in total. The van der Waals surface area contributed by atoms with Crippen molar-refractivity contribution in [2.75, 3.05) is 19.0 Å². The number of aryl methyl sites for hydroxylation is 1. The summed E-state index contributed by atoms with van der Waals surface area (Å²) in [5.74, 6) is 0.695. The van der Waals surface area contributed by atoms with Crippen LogP contribution in [0.1, 0.15) is 16.7 Å². The molecule has 0 saturated carbocycles. The summed E-state index contributed by atoms with van der Waals surface area (Å²) >= 11 is 5.94. The van der Waals surface area contributed by atoms with Crippen molar-refractivity contribution in [1.82, 2.24) is 0 Å². The second-order valence-corrected chi connectivity index (χ2v) is 5.69. The van der Waals surface area contributed by atoms with E-state index < -0.39 is 0 Å². The molecule has 0 heterocycles. The molecule has 2 aromatic carbocycles. The van der Waals surface area contributed by atoms with Crippen molar-refractivity contribution in [1.29, 1.82) is 0 Å². The van der Waals surface area contributed by atoms with Gasteiger partial charge >= 0.3 is 0 Å². The largest absolute Gasteiger partial charge is 1.00 e. The van der Waals surface area contributed by atoms with Crippen molar-refractivity contribution in [3.05, 3.63) is 77.4 Å². The van der Waals surface area contributed by atoms with Gasteiger partial charge in [-0.05, 0) is 24.1 Å². The van der Waals surface area contributed by atoms with E-state index in [1.807, 2.05) is 0 Å². The van der Waals surface area contributed by atoms with Crippen LogP contribution in [-0.2, 0) is 6.54 Å². The van der Waals surface area contributed by atoms with Gasteiger partial charge in [-0.3, -0.25) is 0 Å². The molecule has 0 amide bonds. The third-order valence-electron chi connectivity index (χ3n) is 3.64. The fourth-order valence-electron chi connectivity index (χ4n) is 2.41. The first-order valence-corrected chi connectivity index (χ1v) is 7.98. The van der Waals surface area contributed by atoms with E-state index in [4.69, 9.17) is 11.6 Å². The summed E-state index contributed by atoms with van der Waals surface area (Å²) in [6.45, 7) is 5.14. The molecule has 0 bridgehead atoms. The SMILES string of the molecule is Cc1ccccc1C=CC[NH+](CCCl)Cc1ccccc1.[Cl-]. The Bertz CT molecular complexity index is 567. The summed E-state index contributed by atoms with van der Waals surface area (Å²) in [5.41, 5.74) is 3.97. The van der Waals surface area contributed by atoms with E-state index in [9.17, 15) is 0 Å². The molecule has 0 aliphatic carbocycles. The third kappa shape index (κ3) is 6.23. The summed E-state index contributed by atoms with van der Waals surface area (Å²) in [6.07, 6.45) is 4.47. The molecule has 0 aliphatic rings.